The number of hydrogen-bond donors (Lipinski definition) is 2. The van der Waals surface area contributed by atoms with Gasteiger partial charge in [-0.1, -0.05) is 11.9 Å². The summed E-state index contributed by atoms with van der Waals surface area (Å²) in [5.41, 5.74) is 0.721. The first-order valence-electron chi connectivity index (χ1n) is 7.10. The summed E-state index contributed by atoms with van der Waals surface area (Å²) in [4.78, 5) is 2.59. The van der Waals surface area contributed by atoms with Crippen molar-refractivity contribution in [3.05, 3.63) is 0 Å². The second-order valence-corrected chi connectivity index (χ2v) is 7.00. The van der Waals surface area contributed by atoms with E-state index >= 15 is 0 Å². The van der Waals surface area contributed by atoms with Gasteiger partial charge in [0.1, 0.15) is 0 Å². The molecule has 3 aliphatic rings. The minimum absolute atomic E-state index is 0.721. The molecule has 4 heteroatoms. The fourth-order valence-corrected chi connectivity index (χ4v) is 3.89. The zero-order chi connectivity index (χ0) is 11.7. The fraction of sp³-hybridized carbons (Fsp3) is 1.00. The third kappa shape index (κ3) is 2.98. The third-order valence-electron chi connectivity index (χ3n) is 4.85. The smallest absolute Gasteiger partial charge is 0.0204 e. The van der Waals surface area contributed by atoms with Crippen molar-refractivity contribution in [1.29, 1.82) is 0 Å². The first-order chi connectivity index (χ1) is 8.30. The second kappa shape index (κ2) is 5.08. The molecular formula is C13H25N3S. The molecule has 1 spiro atoms. The van der Waals surface area contributed by atoms with Crippen molar-refractivity contribution in [2.75, 3.05) is 25.4 Å². The molecule has 0 aromatic rings. The predicted octanol–water partition coefficient (Wildman–Crippen LogP) is 1.59. The van der Waals surface area contributed by atoms with E-state index in [-0.39, 0.29) is 0 Å². The minimum atomic E-state index is 0.721. The molecule has 0 amide bonds. The topological polar surface area (TPSA) is 41.3 Å². The van der Waals surface area contributed by atoms with Crippen LogP contribution in [0.5, 0.6) is 0 Å². The summed E-state index contributed by atoms with van der Waals surface area (Å²) in [6, 6.07) is 1.74. The minimum Gasteiger partial charge on any atom is -0.311 e. The van der Waals surface area contributed by atoms with Gasteiger partial charge < -0.3 is 10.2 Å². The molecule has 1 saturated heterocycles. The fourth-order valence-electron chi connectivity index (χ4n) is 3.53. The lowest BCUT2D eigenvalue weighted by Gasteiger charge is -2.52. The molecule has 0 aromatic heterocycles. The van der Waals surface area contributed by atoms with Crippen molar-refractivity contribution in [2.24, 2.45) is 10.6 Å². The summed E-state index contributed by atoms with van der Waals surface area (Å²) in [5, 5.41) is 9.26. The summed E-state index contributed by atoms with van der Waals surface area (Å²) < 4.78 is 0. The van der Waals surface area contributed by atoms with Crippen molar-refractivity contribution in [2.45, 2.75) is 50.6 Å². The Labute approximate surface area is 109 Å². The number of hydrogen-bond acceptors (Lipinski definition) is 4. The van der Waals surface area contributed by atoms with Crippen LogP contribution in [-0.2, 0) is 0 Å². The van der Waals surface area contributed by atoms with Crippen LogP contribution >= 0.6 is 11.9 Å². The van der Waals surface area contributed by atoms with E-state index in [9.17, 15) is 0 Å². The van der Waals surface area contributed by atoms with Crippen molar-refractivity contribution in [1.82, 2.24) is 10.2 Å². The molecule has 0 radical (unpaired) electrons. The lowest BCUT2D eigenvalue weighted by Crippen LogP contribution is -2.54. The van der Waals surface area contributed by atoms with Gasteiger partial charge in [-0.15, -0.1) is 0 Å². The Kier molecular flexibility index (Phi) is 3.67. The summed E-state index contributed by atoms with van der Waals surface area (Å²) >= 11 is 1.48. The average molecular weight is 255 g/mol. The van der Waals surface area contributed by atoms with E-state index in [4.69, 9.17) is 5.14 Å². The van der Waals surface area contributed by atoms with Crippen LogP contribution in [0, 0.1) is 5.41 Å². The largest absolute Gasteiger partial charge is 0.311 e. The van der Waals surface area contributed by atoms with Gasteiger partial charge >= 0.3 is 0 Å². The van der Waals surface area contributed by atoms with Gasteiger partial charge in [-0.05, 0) is 57.0 Å². The van der Waals surface area contributed by atoms with E-state index in [1.165, 1.54) is 70.1 Å². The lowest BCUT2D eigenvalue weighted by molar-refractivity contribution is 0.00744. The van der Waals surface area contributed by atoms with Crippen LogP contribution in [0.2, 0.25) is 0 Å². The Balaban J connectivity index is 1.37. The van der Waals surface area contributed by atoms with Gasteiger partial charge in [-0.25, -0.2) is 0 Å². The Morgan fingerprint density at radius 1 is 1.18 bits per heavy atom. The molecule has 3 fully saturated rings. The zero-order valence-corrected chi connectivity index (χ0v) is 11.5. The van der Waals surface area contributed by atoms with Crippen LogP contribution < -0.4 is 10.5 Å². The van der Waals surface area contributed by atoms with Gasteiger partial charge in [0.2, 0.25) is 0 Å². The van der Waals surface area contributed by atoms with E-state index < -0.39 is 0 Å². The van der Waals surface area contributed by atoms with Gasteiger partial charge in [-0.3, -0.25) is 5.14 Å². The van der Waals surface area contributed by atoms with Crippen LogP contribution in [0.3, 0.4) is 0 Å². The number of likely N-dealkylation sites (tertiary alicyclic amines) is 1. The number of nitrogens with two attached hydrogens (primary N) is 1. The summed E-state index contributed by atoms with van der Waals surface area (Å²) in [6.07, 6.45) is 8.59. The average Bonchev–Trinajstić information content (AvgIpc) is 3.10. The lowest BCUT2D eigenvalue weighted by atomic mass is 9.60. The maximum absolute atomic E-state index is 5.49. The van der Waals surface area contributed by atoms with Crippen LogP contribution in [-0.4, -0.2) is 42.4 Å². The maximum Gasteiger partial charge on any atom is 0.0204 e. The van der Waals surface area contributed by atoms with E-state index in [0.717, 1.165) is 23.3 Å². The molecule has 1 aliphatic heterocycles. The Bertz CT molecular complexity index is 251. The summed E-state index contributed by atoms with van der Waals surface area (Å²) in [5.74, 6) is 1.08. The Morgan fingerprint density at radius 2 is 1.88 bits per heavy atom. The van der Waals surface area contributed by atoms with Gasteiger partial charge in [0.05, 0.1) is 0 Å². The van der Waals surface area contributed by atoms with Crippen molar-refractivity contribution >= 4 is 11.9 Å². The highest BCUT2D eigenvalue weighted by Crippen LogP contribution is 2.49. The molecule has 0 unspecified atom stereocenters. The first-order valence-corrected chi connectivity index (χ1v) is 8.15. The van der Waals surface area contributed by atoms with Crippen molar-refractivity contribution < 1.29 is 0 Å². The highest BCUT2D eigenvalue weighted by Gasteiger charge is 2.46. The highest BCUT2D eigenvalue weighted by atomic mass is 32.2. The molecule has 17 heavy (non-hydrogen) atoms. The molecule has 0 aromatic carbocycles. The molecule has 1 heterocycles. The van der Waals surface area contributed by atoms with E-state index in [1.807, 2.05) is 0 Å². The Hall–Kier alpha value is 0.230. The number of nitrogens with one attached hydrogen (secondary N) is 1. The molecule has 0 bridgehead atoms. The zero-order valence-electron chi connectivity index (χ0n) is 10.7. The van der Waals surface area contributed by atoms with Gasteiger partial charge in [0.25, 0.3) is 0 Å². The second-order valence-electron chi connectivity index (χ2n) is 6.26. The van der Waals surface area contributed by atoms with E-state index in [2.05, 4.69) is 10.2 Å². The van der Waals surface area contributed by atoms with E-state index in [0.29, 0.717) is 0 Å². The molecular weight excluding hydrogens is 230 g/mol. The third-order valence-corrected chi connectivity index (χ3v) is 5.27. The molecule has 2 aliphatic carbocycles. The normalized spacial score (nSPS) is 29.5. The van der Waals surface area contributed by atoms with Crippen molar-refractivity contribution in [3.8, 4) is 0 Å². The number of rotatable bonds is 5. The quantitative estimate of drug-likeness (QED) is 0.732. The standard InChI is InChI=1S/C13H25N3S/c14-17-8-7-16-5-3-13(4-6-16)9-12(10-13)15-11-1-2-11/h11-12,15H,1-10,14H2. The molecule has 3 N–H and O–H groups in total. The van der Waals surface area contributed by atoms with Crippen LogP contribution in [0.25, 0.3) is 0 Å². The van der Waals surface area contributed by atoms with E-state index in [1.54, 1.807) is 0 Å². The maximum atomic E-state index is 5.49. The first kappa shape index (κ1) is 12.3. The summed E-state index contributed by atoms with van der Waals surface area (Å²) in [7, 11) is 0. The van der Waals surface area contributed by atoms with Crippen LogP contribution in [0.15, 0.2) is 0 Å². The van der Waals surface area contributed by atoms with Crippen molar-refractivity contribution in [3.63, 3.8) is 0 Å². The Morgan fingerprint density at radius 3 is 2.47 bits per heavy atom. The van der Waals surface area contributed by atoms with Gasteiger partial charge in [0, 0.05) is 24.4 Å². The summed E-state index contributed by atoms with van der Waals surface area (Å²) in [6.45, 7) is 3.79. The van der Waals surface area contributed by atoms with Gasteiger partial charge in [0.15, 0.2) is 0 Å². The van der Waals surface area contributed by atoms with Gasteiger partial charge in [-0.2, -0.15) is 0 Å². The molecule has 98 valence electrons. The molecule has 0 atom stereocenters. The van der Waals surface area contributed by atoms with Crippen LogP contribution in [0.1, 0.15) is 38.5 Å². The van der Waals surface area contributed by atoms with Crippen LogP contribution in [0.4, 0.5) is 0 Å². The molecule has 2 saturated carbocycles. The molecule has 3 nitrogen and oxygen atoms in total. The number of piperidine rings is 1. The predicted molar refractivity (Wildman–Crippen MR) is 73.9 cm³/mol. The monoisotopic (exact) mass is 255 g/mol. The molecule has 3 rings (SSSR count). The highest BCUT2D eigenvalue weighted by molar-refractivity contribution is 7.97. The SMILES string of the molecule is NSCCN1CCC2(CC1)CC(NC1CC1)C2. The number of nitrogens with zero attached hydrogens (tertiary/aromatic N) is 1.